The average molecular weight is 761 g/mol. The molecule has 1 aromatic carbocycles. The highest BCUT2D eigenvalue weighted by Crippen LogP contribution is 2.45. The van der Waals surface area contributed by atoms with Crippen LogP contribution in [0.25, 0.3) is 11.4 Å². The lowest BCUT2D eigenvalue weighted by Crippen LogP contribution is -2.46. The first-order valence-corrected chi connectivity index (χ1v) is 18.6. The Labute approximate surface area is 299 Å². The quantitative estimate of drug-likeness (QED) is 0.299. The van der Waals surface area contributed by atoms with Crippen molar-refractivity contribution in [2.24, 2.45) is 0 Å². The van der Waals surface area contributed by atoms with Gasteiger partial charge in [0, 0.05) is 49.0 Å². The van der Waals surface area contributed by atoms with Crippen molar-refractivity contribution >= 4 is 50.5 Å². The molecule has 274 valence electrons. The number of anilines is 1. The molecule has 2 N–H and O–H groups in total. The summed E-state index contributed by atoms with van der Waals surface area (Å²) in [4.78, 5) is 51.4. The number of piperidine rings is 1. The van der Waals surface area contributed by atoms with Crippen molar-refractivity contribution < 1.29 is 36.3 Å². The van der Waals surface area contributed by atoms with Crippen LogP contribution in [-0.2, 0) is 39.4 Å². The van der Waals surface area contributed by atoms with Crippen LogP contribution in [0, 0.1) is 0 Å². The molecule has 1 aliphatic carbocycles. The molecule has 0 bridgehead atoms. The van der Waals surface area contributed by atoms with Gasteiger partial charge in [-0.3, -0.25) is 14.4 Å². The van der Waals surface area contributed by atoms with E-state index in [4.69, 9.17) is 11.6 Å². The second kappa shape index (κ2) is 13.0. The van der Waals surface area contributed by atoms with Crippen molar-refractivity contribution in [2.45, 2.75) is 50.2 Å². The van der Waals surface area contributed by atoms with Gasteiger partial charge in [-0.2, -0.15) is 27.0 Å². The Morgan fingerprint density at radius 3 is 2.48 bits per heavy atom. The molecule has 4 aromatic rings. The van der Waals surface area contributed by atoms with Crippen molar-refractivity contribution in [2.75, 3.05) is 37.8 Å². The van der Waals surface area contributed by atoms with E-state index in [9.17, 15) is 41.1 Å². The number of carbonyl (C=O) groups is 2. The number of sulfonamides is 1. The molecule has 5 heterocycles. The number of likely N-dealkylation sites (tertiary alicyclic amines) is 1. The molecule has 2 amide bonds. The van der Waals surface area contributed by atoms with Crippen LogP contribution in [0.15, 0.2) is 47.4 Å². The first-order valence-electron chi connectivity index (χ1n) is 16.3. The summed E-state index contributed by atoms with van der Waals surface area (Å²) in [5.74, 6) is -1.06. The van der Waals surface area contributed by atoms with Gasteiger partial charge in [0.1, 0.15) is 12.3 Å². The Morgan fingerprint density at radius 1 is 1.10 bits per heavy atom. The number of pyridine rings is 1. The molecular weight excluding hydrogens is 729 g/mol. The van der Waals surface area contributed by atoms with E-state index in [2.05, 4.69) is 20.4 Å². The van der Waals surface area contributed by atoms with Crippen molar-refractivity contribution in [3.05, 3.63) is 86.3 Å². The normalized spacial score (nSPS) is 17.7. The lowest BCUT2D eigenvalue weighted by molar-refractivity contribution is -0.137. The van der Waals surface area contributed by atoms with Crippen molar-refractivity contribution in [1.29, 1.82) is 0 Å². The Kier molecular flexibility index (Phi) is 8.89. The molecule has 3 aromatic heterocycles. The maximum atomic E-state index is 14.3. The molecule has 0 unspecified atom stereocenters. The van der Waals surface area contributed by atoms with Crippen molar-refractivity contribution in [3.8, 4) is 5.75 Å². The van der Waals surface area contributed by atoms with Crippen molar-refractivity contribution in [1.82, 2.24) is 33.4 Å². The number of carbonyl (C=O) groups excluding carboxylic acids is 2. The first kappa shape index (κ1) is 35.6. The molecule has 0 saturated carbocycles. The van der Waals surface area contributed by atoms with Gasteiger partial charge in [0.05, 0.1) is 22.5 Å². The molecule has 1 saturated heterocycles. The molecule has 2 aliphatic heterocycles. The summed E-state index contributed by atoms with van der Waals surface area (Å²) in [6.07, 6.45) is 1.59. The van der Waals surface area contributed by atoms with Gasteiger partial charge in [0.15, 0.2) is 11.5 Å². The number of hydrogen-bond acceptors (Lipinski definition) is 9. The van der Waals surface area contributed by atoms with E-state index in [1.807, 2.05) is 0 Å². The summed E-state index contributed by atoms with van der Waals surface area (Å²) < 4.78 is 67.8. The predicted molar refractivity (Wildman–Crippen MR) is 182 cm³/mol. The van der Waals surface area contributed by atoms with E-state index >= 15 is 0 Å². The van der Waals surface area contributed by atoms with Gasteiger partial charge >= 0.3 is 6.18 Å². The number of fused-ring (bicyclic) bond motifs is 3. The van der Waals surface area contributed by atoms with Crippen LogP contribution in [0.2, 0.25) is 5.02 Å². The summed E-state index contributed by atoms with van der Waals surface area (Å²) in [6, 6.07) is 5.48. The molecule has 19 heteroatoms. The van der Waals surface area contributed by atoms with Crippen LogP contribution in [0.4, 0.5) is 18.9 Å². The number of nitrogens with zero attached hydrogens (tertiary/aromatic N) is 7. The molecule has 0 atom stereocenters. The SMILES string of the molecule is CS(=O)(=O)N1CC=C(c2nc3n(CC(=O)Nc4ccc(C(F)(F)F)cc4Cl)c4c(c(=O)n3n2)C2(CC4)CCN(C(=O)c3ncccc3O)CC2)CC1. The Bertz CT molecular complexity index is 2330. The lowest BCUT2D eigenvalue weighted by Gasteiger charge is -2.39. The van der Waals surface area contributed by atoms with Crippen LogP contribution in [0.1, 0.15) is 58.8 Å². The number of alkyl halides is 3. The van der Waals surface area contributed by atoms with Crippen LogP contribution in [0.5, 0.6) is 5.75 Å². The van der Waals surface area contributed by atoms with Gasteiger partial charge in [-0.1, -0.05) is 17.7 Å². The minimum absolute atomic E-state index is 0.0363. The van der Waals surface area contributed by atoms with Crippen LogP contribution >= 0.6 is 11.6 Å². The fourth-order valence-electron chi connectivity index (χ4n) is 7.31. The smallest absolute Gasteiger partial charge is 0.416 e. The Morgan fingerprint density at radius 2 is 1.85 bits per heavy atom. The van der Waals surface area contributed by atoms with E-state index in [0.717, 1.165) is 29.0 Å². The van der Waals surface area contributed by atoms with Gasteiger partial charge in [0.2, 0.25) is 21.7 Å². The number of aromatic nitrogens is 5. The predicted octanol–water partition coefficient (Wildman–Crippen LogP) is 3.47. The maximum Gasteiger partial charge on any atom is 0.416 e. The van der Waals surface area contributed by atoms with Gasteiger partial charge in [0.25, 0.3) is 11.5 Å². The number of hydrogen-bond donors (Lipinski definition) is 2. The standard InChI is InChI=1S/C33H32ClF3N8O6S/c1-52(50,51)43-13-7-19(8-14-43)28-40-31-44(18-25(47)39-22-5-4-20(17-21(22)34)33(35,36)37)23-6-9-32(26(23)29(48)45(31)41-28)10-15-42(16-11-32)30(49)27-24(46)3-2-12-38-27/h2-5,7,12,17,46H,6,8-11,13-16,18H2,1H3,(H,39,47). The summed E-state index contributed by atoms with van der Waals surface area (Å²) in [5.41, 5.74) is -0.581. The minimum Gasteiger partial charge on any atom is -0.505 e. The molecular formula is C33H32ClF3N8O6S. The summed E-state index contributed by atoms with van der Waals surface area (Å²) >= 11 is 6.12. The number of nitrogens with one attached hydrogen (secondary N) is 1. The van der Waals surface area contributed by atoms with Crippen LogP contribution in [0.3, 0.4) is 0 Å². The zero-order chi connectivity index (χ0) is 37.2. The fraction of sp³-hybridized carbons (Fsp3) is 0.394. The third-order valence-electron chi connectivity index (χ3n) is 10.0. The molecule has 1 spiro atoms. The second-order valence-electron chi connectivity index (χ2n) is 13.1. The monoisotopic (exact) mass is 760 g/mol. The van der Waals surface area contributed by atoms with E-state index in [1.165, 1.54) is 22.6 Å². The summed E-state index contributed by atoms with van der Waals surface area (Å²) in [5, 5.41) is 17.0. The van der Waals surface area contributed by atoms with Gasteiger partial charge in [-0.25, -0.2) is 13.4 Å². The molecule has 14 nitrogen and oxygen atoms in total. The summed E-state index contributed by atoms with van der Waals surface area (Å²) in [7, 11) is -3.43. The van der Waals surface area contributed by atoms with Gasteiger partial charge in [-0.05, 0) is 68.0 Å². The number of amides is 2. The Hall–Kier alpha value is -4.81. The van der Waals surface area contributed by atoms with E-state index < -0.39 is 44.6 Å². The zero-order valence-electron chi connectivity index (χ0n) is 27.7. The number of halogens is 4. The molecule has 1 fully saturated rings. The minimum atomic E-state index is -4.63. The molecule has 3 aliphatic rings. The van der Waals surface area contributed by atoms with Gasteiger partial charge < -0.3 is 19.9 Å². The highest BCUT2D eigenvalue weighted by atomic mass is 35.5. The second-order valence-corrected chi connectivity index (χ2v) is 15.5. The lowest BCUT2D eigenvalue weighted by atomic mass is 9.74. The largest absolute Gasteiger partial charge is 0.505 e. The average Bonchev–Trinajstić information content (AvgIpc) is 3.70. The number of benzene rings is 1. The topological polar surface area (TPSA) is 172 Å². The van der Waals surface area contributed by atoms with Crippen molar-refractivity contribution in [3.63, 3.8) is 0 Å². The van der Waals surface area contributed by atoms with E-state index in [0.29, 0.717) is 42.5 Å². The number of rotatable bonds is 6. The van der Waals surface area contributed by atoms with Gasteiger partial charge in [-0.15, -0.1) is 5.10 Å². The van der Waals surface area contributed by atoms with E-state index in [-0.39, 0.29) is 72.9 Å². The third-order valence-corrected chi connectivity index (χ3v) is 11.6. The van der Waals surface area contributed by atoms with Crippen LogP contribution in [-0.4, -0.2) is 91.1 Å². The highest BCUT2D eigenvalue weighted by Gasteiger charge is 2.46. The number of aromatic hydroxyl groups is 1. The first-order chi connectivity index (χ1) is 24.6. The fourth-order valence-corrected chi connectivity index (χ4v) is 8.30. The van der Waals surface area contributed by atoms with Crippen LogP contribution < -0.4 is 10.9 Å². The Balaban J connectivity index is 1.25. The third kappa shape index (κ3) is 6.43. The molecule has 7 rings (SSSR count). The highest BCUT2D eigenvalue weighted by molar-refractivity contribution is 7.88. The van der Waals surface area contributed by atoms with E-state index in [1.54, 1.807) is 15.5 Å². The summed E-state index contributed by atoms with van der Waals surface area (Å²) in [6.45, 7) is 0.430. The maximum absolute atomic E-state index is 14.3. The molecule has 52 heavy (non-hydrogen) atoms. The zero-order valence-corrected chi connectivity index (χ0v) is 29.2. The molecule has 0 radical (unpaired) electrons.